The van der Waals surface area contributed by atoms with Gasteiger partial charge in [0.15, 0.2) is 5.78 Å². The topological polar surface area (TPSA) is 26.3 Å². The van der Waals surface area contributed by atoms with Crippen LogP contribution in [0.3, 0.4) is 0 Å². The van der Waals surface area contributed by atoms with Crippen molar-refractivity contribution >= 4 is 11.4 Å². The average molecular weight is 204 g/mol. The number of allylic oxidation sites excluding steroid dienone is 2. The summed E-state index contributed by atoms with van der Waals surface area (Å²) in [6.07, 6.45) is 1.62. The fourth-order valence-electron chi connectivity index (χ4n) is 1.51. The van der Waals surface area contributed by atoms with Crippen molar-refractivity contribution in [2.75, 3.05) is 7.11 Å². The second kappa shape index (κ2) is 4.78. The third kappa shape index (κ3) is 2.94. The Bertz CT molecular complexity index is 403. The van der Waals surface area contributed by atoms with Crippen molar-refractivity contribution in [1.82, 2.24) is 0 Å². The van der Waals surface area contributed by atoms with Crippen molar-refractivity contribution in [2.45, 2.75) is 20.8 Å². The van der Waals surface area contributed by atoms with Gasteiger partial charge in [-0.2, -0.15) is 0 Å². The number of hydrogen-bond donors (Lipinski definition) is 0. The van der Waals surface area contributed by atoms with Gasteiger partial charge in [-0.1, -0.05) is 11.6 Å². The van der Waals surface area contributed by atoms with E-state index < -0.39 is 0 Å². The van der Waals surface area contributed by atoms with E-state index in [1.807, 2.05) is 32.0 Å². The van der Waals surface area contributed by atoms with Crippen molar-refractivity contribution in [2.24, 2.45) is 0 Å². The summed E-state index contributed by atoms with van der Waals surface area (Å²) in [5, 5.41) is 0. The molecule has 0 spiro atoms. The van der Waals surface area contributed by atoms with Gasteiger partial charge in [-0.15, -0.1) is 0 Å². The number of aryl methyl sites for hydroxylation is 1. The number of ketones is 1. The highest BCUT2D eigenvalue weighted by molar-refractivity contribution is 5.95. The highest BCUT2D eigenvalue weighted by atomic mass is 16.5. The van der Waals surface area contributed by atoms with Crippen LogP contribution >= 0.6 is 0 Å². The van der Waals surface area contributed by atoms with Crippen molar-refractivity contribution in [3.63, 3.8) is 0 Å². The molecule has 0 atom stereocenters. The fraction of sp³-hybridized carbons (Fsp3) is 0.308. The summed E-state index contributed by atoms with van der Waals surface area (Å²) < 4.78 is 5.25. The number of benzene rings is 1. The zero-order valence-electron chi connectivity index (χ0n) is 9.63. The van der Waals surface area contributed by atoms with Crippen molar-refractivity contribution < 1.29 is 9.53 Å². The lowest BCUT2D eigenvalue weighted by molar-refractivity contribution is -0.112. The van der Waals surface area contributed by atoms with Gasteiger partial charge in [0.1, 0.15) is 5.75 Å². The van der Waals surface area contributed by atoms with Gasteiger partial charge < -0.3 is 4.74 Å². The standard InChI is InChI=1S/C13H16O2/c1-9-5-6-13(15-4)12(7-9)10(2)8-11(3)14/h5-8H,1-4H3/b10-8+. The van der Waals surface area contributed by atoms with Crippen LogP contribution < -0.4 is 4.74 Å². The summed E-state index contributed by atoms with van der Waals surface area (Å²) in [4.78, 5) is 11.0. The largest absolute Gasteiger partial charge is 0.496 e. The monoisotopic (exact) mass is 204 g/mol. The number of rotatable bonds is 3. The molecule has 0 unspecified atom stereocenters. The molecule has 1 aromatic carbocycles. The molecule has 0 aliphatic carbocycles. The summed E-state index contributed by atoms with van der Waals surface area (Å²) in [7, 11) is 1.63. The first-order valence-electron chi connectivity index (χ1n) is 4.88. The second-order valence-electron chi connectivity index (χ2n) is 3.64. The minimum atomic E-state index is 0.0519. The van der Waals surface area contributed by atoms with Crippen LogP contribution in [0.25, 0.3) is 5.57 Å². The predicted molar refractivity (Wildman–Crippen MR) is 62.1 cm³/mol. The van der Waals surface area contributed by atoms with Gasteiger partial charge in [0, 0.05) is 5.56 Å². The molecule has 0 radical (unpaired) electrons. The summed E-state index contributed by atoms with van der Waals surface area (Å²) >= 11 is 0. The summed E-state index contributed by atoms with van der Waals surface area (Å²) in [5.41, 5.74) is 3.07. The van der Waals surface area contributed by atoms with Crippen molar-refractivity contribution in [3.05, 3.63) is 35.4 Å². The molecule has 0 fully saturated rings. The highest BCUT2D eigenvalue weighted by Crippen LogP contribution is 2.26. The fourth-order valence-corrected chi connectivity index (χ4v) is 1.51. The van der Waals surface area contributed by atoms with Crippen LogP contribution in [-0.4, -0.2) is 12.9 Å². The lowest BCUT2D eigenvalue weighted by atomic mass is 10.0. The van der Waals surface area contributed by atoms with E-state index in [0.29, 0.717) is 0 Å². The maximum Gasteiger partial charge on any atom is 0.152 e. The first-order chi connectivity index (χ1) is 7.04. The smallest absolute Gasteiger partial charge is 0.152 e. The Balaban J connectivity index is 3.22. The third-order valence-electron chi connectivity index (χ3n) is 2.20. The van der Waals surface area contributed by atoms with Gasteiger partial charge in [0.05, 0.1) is 7.11 Å². The maximum absolute atomic E-state index is 11.0. The van der Waals surface area contributed by atoms with E-state index in [1.54, 1.807) is 20.1 Å². The Morgan fingerprint density at radius 2 is 2.00 bits per heavy atom. The van der Waals surface area contributed by atoms with Gasteiger partial charge in [-0.05, 0) is 44.6 Å². The van der Waals surface area contributed by atoms with Gasteiger partial charge in [0.25, 0.3) is 0 Å². The van der Waals surface area contributed by atoms with Crippen molar-refractivity contribution in [1.29, 1.82) is 0 Å². The molecule has 0 heterocycles. The van der Waals surface area contributed by atoms with Crippen LogP contribution in [-0.2, 0) is 4.79 Å². The Hall–Kier alpha value is -1.57. The minimum Gasteiger partial charge on any atom is -0.496 e. The van der Waals surface area contributed by atoms with E-state index in [9.17, 15) is 4.79 Å². The molecule has 0 saturated carbocycles. The number of carbonyl (C=O) groups excluding carboxylic acids is 1. The van der Waals surface area contributed by atoms with Gasteiger partial charge in [0.2, 0.25) is 0 Å². The predicted octanol–water partition coefficient (Wildman–Crippen LogP) is 3.00. The number of hydrogen-bond acceptors (Lipinski definition) is 2. The van der Waals surface area contributed by atoms with E-state index in [4.69, 9.17) is 4.74 Å². The highest BCUT2D eigenvalue weighted by Gasteiger charge is 2.05. The van der Waals surface area contributed by atoms with E-state index in [0.717, 1.165) is 22.4 Å². The van der Waals surface area contributed by atoms with Crippen LogP contribution in [0.15, 0.2) is 24.3 Å². The Morgan fingerprint density at radius 3 is 2.53 bits per heavy atom. The van der Waals surface area contributed by atoms with Crippen LogP contribution in [0.5, 0.6) is 5.75 Å². The molecule has 0 aliphatic heterocycles. The minimum absolute atomic E-state index is 0.0519. The second-order valence-corrected chi connectivity index (χ2v) is 3.64. The molecule has 1 rings (SSSR count). The van der Waals surface area contributed by atoms with Gasteiger partial charge >= 0.3 is 0 Å². The molecule has 0 aliphatic rings. The van der Waals surface area contributed by atoms with E-state index in [-0.39, 0.29) is 5.78 Å². The summed E-state index contributed by atoms with van der Waals surface area (Å²) in [6.45, 7) is 5.48. The first kappa shape index (κ1) is 11.5. The van der Waals surface area contributed by atoms with E-state index in [1.165, 1.54) is 0 Å². The summed E-state index contributed by atoms with van der Waals surface area (Å²) in [5.74, 6) is 0.853. The third-order valence-corrected chi connectivity index (χ3v) is 2.20. The van der Waals surface area contributed by atoms with E-state index in [2.05, 4.69) is 0 Å². The van der Waals surface area contributed by atoms with Crippen LogP contribution in [0.1, 0.15) is 25.0 Å². The quantitative estimate of drug-likeness (QED) is 0.707. The molecule has 80 valence electrons. The molecule has 0 aromatic heterocycles. The zero-order valence-corrected chi connectivity index (χ0v) is 9.63. The Labute approximate surface area is 90.6 Å². The first-order valence-corrected chi connectivity index (χ1v) is 4.88. The van der Waals surface area contributed by atoms with Crippen LogP contribution in [0.2, 0.25) is 0 Å². The molecule has 2 nitrogen and oxygen atoms in total. The molecule has 0 bridgehead atoms. The van der Waals surface area contributed by atoms with Crippen LogP contribution in [0, 0.1) is 6.92 Å². The molecule has 15 heavy (non-hydrogen) atoms. The van der Waals surface area contributed by atoms with Gasteiger partial charge in [-0.3, -0.25) is 4.79 Å². The molecule has 0 saturated heterocycles. The van der Waals surface area contributed by atoms with E-state index >= 15 is 0 Å². The average Bonchev–Trinajstić information content (AvgIpc) is 2.16. The molecule has 0 N–H and O–H groups in total. The number of ether oxygens (including phenoxy) is 1. The SMILES string of the molecule is COc1ccc(C)cc1/C(C)=C/C(C)=O. The molecular formula is C13H16O2. The Kier molecular flexibility index (Phi) is 3.67. The summed E-state index contributed by atoms with van der Waals surface area (Å²) in [6, 6.07) is 5.93. The zero-order chi connectivity index (χ0) is 11.4. The maximum atomic E-state index is 11.0. The molecule has 0 amide bonds. The lowest BCUT2D eigenvalue weighted by Crippen LogP contribution is -1.92. The normalized spacial score (nSPS) is 11.3. The molecule has 1 aromatic rings. The molecular weight excluding hydrogens is 188 g/mol. The lowest BCUT2D eigenvalue weighted by Gasteiger charge is -2.09. The molecule has 2 heteroatoms. The van der Waals surface area contributed by atoms with Crippen LogP contribution in [0.4, 0.5) is 0 Å². The Morgan fingerprint density at radius 1 is 1.33 bits per heavy atom. The van der Waals surface area contributed by atoms with Gasteiger partial charge in [-0.25, -0.2) is 0 Å². The number of methoxy groups -OCH3 is 1. The number of carbonyl (C=O) groups is 1. The van der Waals surface area contributed by atoms with Crippen molar-refractivity contribution in [3.8, 4) is 5.75 Å².